The highest BCUT2D eigenvalue weighted by Gasteiger charge is 2.37. The summed E-state index contributed by atoms with van der Waals surface area (Å²) in [4.78, 5) is 11.3. The molecule has 3 atom stereocenters. The summed E-state index contributed by atoms with van der Waals surface area (Å²) in [6, 6.07) is 7.51. The van der Waals surface area contributed by atoms with E-state index in [1.165, 1.54) is 0 Å². The van der Waals surface area contributed by atoms with Gasteiger partial charge in [0.15, 0.2) is 0 Å². The Balaban J connectivity index is 2.18. The highest BCUT2D eigenvalue weighted by molar-refractivity contribution is 6.30. The Morgan fingerprint density at radius 3 is 2.44 bits per heavy atom. The zero-order valence-electron chi connectivity index (χ0n) is 9.19. The molecule has 1 aliphatic rings. The van der Waals surface area contributed by atoms with Crippen molar-refractivity contribution in [2.24, 2.45) is 5.92 Å². The van der Waals surface area contributed by atoms with Gasteiger partial charge in [0, 0.05) is 16.9 Å². The smallest absolute Gasteiger partial charge is 0.135 e. The van der Waals surface area contributed by atoms with Crippen LogP contribution in [0.4, 0.5) is 0 Å². The minimum absolute atomic E-state index is 0.0752. The van der Waals surface area contributed by atoms with Gasteiger partial charge in [-0.05, 0) is 37.5 Å². The number of carbonyl (C=O) groups is 1. The molecular formula is C13H15ClO2. The molecule has 3 unspecified atom stereocenters. The van der Waals surface area contributed by atoms with E-state index in [-0.39, 0.29) is 17.6 Å². The van der Waals surface area contributed by atoms with Gasteiger partial charge in [-0.1, -0.05) is 23.7 Å². The molecule has 0 radical (unpaired) electrons. The van der Waals surface area contributed by atoms with Crippen LogP contribution in [0.3, 0.4) is 0 Å². The van der Waals surface area contributed by atoms with Crippen molar-refractivity contribution in [1.29, 1.82) is 0 Å². The average Bonchev–Trinajstić information content (AvgIpc) is 2.61. The van der Waals surface area contributed by atoms with Crippen LogP contribution in [0.2, 0.25) is 5.02 Å². The lowest BCUT2D eigenvalue weighted by molar-refractivity contribution is -0.123. The van der Waals surface area contributed by atoms with Gasteiger partial charge in [0.25, 0.3) is 0 Å². The summed E-state index contributed by atoms with van der Waals surface area (Å²) in [6.45, 7) is 1.55. The van der Waals surface area contributed by atoms with Crippen LogP contribution in [0.25, 0.3) is 0 Å². The molecule has 3 heteroatoms. The maximum Gasteiger partial charge on any atom is 0.135 e. The molecule has 2 rings (SSSR count). The van der Waals surface area contributed by atoms with E-state index < -0.39 is 6.10 Å². The van der Waals surface area contributed by atoms with Crippen LogP contribution < -0.4 is 0 Å². The monoisotopic (exact) mass is 238 g/mol. The molecule has 1 aromatic rings. The second-order valence-electron chi connectivity index (χ2n) is 4.44. The molecule has 0 aromatic heterocycles. The first kappa shape index (κ1) is 11.6. The van der Waals surface area contributed by atoms with E-state index in [4.69, 9.17) is 11.6 Å². The molecule has 0 aliphatic heterocycles. The molecule has 0 saturated heterocycles. The van der Waals surface area contributed by atoms with Crippen LogP contribution >= 0.6 is 11.6 Å². The maximum atomic E-state index is 11.3. The fourth-order valence-corrected chi connectivity index (χ4v) is 2.62. The molecular weight excluding hydrogens is 224 g/mol. The quantitative estimate of drug-likeness (QED) is 0.860. The molecule has 0 bridgehead atoms. The van der Waals surface area contributed by atoms with Gasteiger partial charge in [-0.15, -0.1) is 0 Å². The fourth-order valence-electron chi connectivity index (χ4n) is 2.50. The van der Waals surface area contributed by atoms with E-state index >= 15 is 0 Å². The fraction of sp³-hybridized carbons (Fsp3) is 0.462. The Bertz CT molecular complexity index is 385. The van der Waals surface area contributed by atoms with Gasteiger partial charge in [-0.3, -0.25) is 4.79 Å². The van der Waals surface area contributed by atoms with Crippen molar-refractivity contribution in [3.63, 3.8) is 0 Å². The first-order chi connectivity index (χ1) is 7.59. The number of hydrogen-bond acceptors (Lipinski definition) is 2. The van der Waals surface area contributed by atoms with Crippen LogP contribution in [0.15, 0.2) is 24.3 Å². The summed E-state index contributed by atoms with van der Waals surface area (Å²) >= 11 is 5.82. The van der Waals surface area contributed by atoms with Gasteiger partial charge in [-0.2, -0.15) is 0 Å². The number of halogens is 1. The molecule has 0 amide bonds. The van der Waals surface area contributed by atoms with Crippen LogP contribution in [0.5, 0.6) is 0 Å². The summed E-state index contributed by atoms with van der Waals surface area (Å²) in [5, 5.41) is 10.8. The Morgan fingerprint density at radius 2 is 1.94 bits per heavy atom. The lowest BCUT2D eigenvalue weighted by atomic mass is 9.92. The highest BCUT2D eigenvalue weighted by atomic mass is 35.5. The number of aliphatic hydroxyl groups excluding tert-OH is 1. The van der Waals surface area contributed by atoms with Crippen LogP contribution in [-0.4, -0.2) is 17.0 Å². The third-order valence-electron chi connectivity index (χ3n) is 3.43. The third kappa shape index (κ3) is 2.13. The molecule has 0 spiro atoms. The second-order valence-corrected chi connectivity index (χ2v) is 4.88. The molecule has 1 aliphatic carbocycles. The lowest BCUT2D eigenvalue weighted by Gasteiger charge is -2.18. The summed E-state index contributed by atoms with van der Waals surface area (Å²) in [5.74, 6) is -0.0317. The molecule has 16 heavy (non-hydrogen) atoms. The number of Topliss-reactive ketones (excluding diaryl/α,β-unsaturated/α-hetero) is 1. The first-order valence-electron chi connectivity index (χ1n) is 5.53. The Hall–Kier alpha value is -0.860. The van der Waals surface area contributed by atoms with Crippen LogP contribution in [0.1, 0.15) is 31.2 Å². The molecule has 2 nitrogen and oxygen atoms in total. The molecule has 1 fully saturated rings. The SMILES string of the molecule is CC(=O)C1CCC(c2ccc(Cl)cc2)C1O. The molecule has 1 N–H and O–H groups in total. The minimum Gasteiger partial charge on any atom is -0.392 e. The normalized spacial score (nSPS) is 29.3. The molecule has 1 saturated carbocycles. The molecule has 0 heterocycles. The van der Waals surface area contributed by atoms with Gasteiger partial charge in [-0.25, -0.2) is 0 Å². The Morgan fingerprint density at radius 1 is 1.31 bits per heavy atom. The van der Waals surface area contributed by atoms with Crippen molar-refractivity contribution in [2.45, 2.75) is 31.8 Å². The topological polar surface area (TPSA) is 37.3 Å². The van der Waals surface area contributed by atoms with E-state index in [0.717, 1.165) is 18.4 Å². The number of rotatable bonds is 2. The van der Waals surface area contributed by atoms with E-state index in [2.05, 4.69) is 0 Å². The van der Waals surface area contributed by atoms with E-state index in [1.807, 2.05) is 24.3 Å². The number of ketones is 1. The van der Waals surface area contributed by atoms with Crippen molar-refractivity contribution in [3.05, 3.63) is 34.9 Å². The van der Waals surface area contributed by atoms with Gasteiger partial charge in [0.1, 0.15) is 5.78 Å². The average molecular weight is 239 g/mol. The zero-order chi connectivity index (χ0) is 11.7. The number of benzene rings is 1. The van der Waals surface area contributed by atoms with Crippen molar-refractivity contribution < 1.29 is 9.90 Å². The van der Waals surface area contributed by atoms with Crippen molar-refractivity contribution in [1.82, 2.24) is 0 Å². The minimum atomic E-state index is -0.543. The first-order valence-corrected chi connectivity index (χ1v) is 5.91. The number of carbonyl (C=O) groups excluding carboxylic acids is 1. The van der Waals surface area contributed by atoms with Crippen LogP contribution in [0, 0.1) is 5.92 Å². The largest absolute Gasteiger partial charge is 0.392 e. The maximum absolute atomic E-state index is 11.3. The number of hydrogen-bond donors (Lipinski definition) is 1. The summed E-state index contributed by atoms with van der Waals surface area (Å²) < 4.78 is 0. The second kappa shape index (κ2) is 4.56. The summed E-state index contributed by atoms with van der Waals surface area (Å²) in [7, 11) is 0. The standard InChI is InChI=1S/C13H15ClO2/c1-8(15)11-6-7-12(13(11)16)9-2-4-10(14)5-3-9/h2-5,11-13,16H,6-7H2,1H3. The van der Waals surface area contributed by atoms with Crippen LogP contribution in [-0.2, 0) is 4.79 Å². The van der Waals surface area contributed by atoms with Gasteiger partial charge in [0.05, 0.1) is 6.10 Å². The third-order valence-corrected chi connectivity index (χ3v) is 3.69. The van der Waals surface area contributed by atoms with Crippen molar-refractivity contribution >= 4 is 17.4 Å². The molecule has 1 aromatic carbocycles. The zero-order valence-corrected chi connectivity index (χ0v) is 9.95. The van der Waals surface area contributed by atoms with Gasteiger partial charge < -0.3 is 5.11 Å². The van der Waals surface area contributed by atoms with E-state index in [9.17, 15) is 9.90 Å². The lowest BCUT2D eigenvalue weighted by Crippen LogP contribution is -2.24. The number of aliphatic hydroxyl groups is 1. The van der Waals surface area contributed by atoms with Crippen molar-refractivity contribution in [2.75, 3.05) is 0 Å². The predicted octanol–water partition coefficient (Wildman–Crippen LogP) is 2.78. The Kier molecular flexibility index (Phi) is 3.31. The Labute approximate surface area is 100 Å². The highest BCUT2D eigenvalue weighted by Crippen LogP contribution is 2.39. The predicted molar refractivity (Wildman–Crippen MR) is 63.6 cm³/mol. The van der Waals surface area contributed by atoms with E-state index in [0.29, 0.717) is 5.02 Å². The summed E-state index contributed by atoms with van der Waals surface area (Å²) in [5.41, 5.74) is 1.07. The van der Waals surface area contributed by atoms with Crippen molar-refractivity contribution in [3.8, 4) is 0 Å². The summed E-state index contributed by atoms with van der Waals surface area (Å²) in [6.07, 6.45) is 1.11. The molecule has 86 valence electrons. The van der Waals surface area contributed by atoms with Gasteiger partial charge >= 0.3 is 0 Å². The van der Waals surface area contributed by atoms with E-state index in [1.54, 1.807) is 6.92 Å². The van der Waals surface area contributed by atoms with Gasteiger partial charge in [0.2, 0.25) is 0 Å².